The highest BCUT2D eigenvalue weighted by Crippen LogP contribution is 2.23. The lowest BCUT2D eigenvalue weighted by atomic mass is 10.2. The van der Waals surface area contributed by atoms with Gasteiger partial charge in [0.25, 0.3) is 0 Å². The molecule has 1 amide bonds. The first kappa shape index (κ1) is 10.7. The lowest BCUT2D eigenvalue weighted by molar-refractivity contribution is -0.118. The van der Waals surface area contributed by atoms with Crippen LogP contribution in [0, 0.1) is 0 Å². The number of benzene rings is 1. The van der Waals surface area contributed by atoms with Crippen molar-refractivity contribution in [1.82, 2.24) is 0 Å². The molecule has 0 radical (unpaired) electrons. The minimum atomic E-state index is -0.476. The minimum Gasteiger partial charge on any atom is -0.397 e. The molecule has 0 saturated carbocycles. The van der Waals surface area contributed by atoms with Crippen molar-refractivity contribution in [1.29, 1.82) is 0 Å². The largest absolute Gasteiger partial charge is 0.397 e. The molecule has 0 heterocycles. The van der Waals surface area contributed by atoms with E-state index in [1.165, 1.54) is 0 Å². The van der Waals surface area contributed by atoms with Crippen LogP contribution in [0.5, 0.6) is 0 Å². The van der Waals surface area contributed by atoms with E-state index in [0.717, 1.165) is 0 Å². The molecule has 1 aromatic rings. The van der Waals surface area contributed by atoms with Gasteiger partial charge < -0.3 is 16.8 Å². The Kier molecular flexibility index (Phi) is 3.19. The van der Waals surface area contributed by atoms with Gasteiger partial charge in [0.05, 0.1) is 11.4 Å². The fourth-order valence-corrected chi connectivity index (χ4v) is 1.13. The van der Waals surface area contributed by atoms with Gasteiger partial charge in [0, 0.05) is 5.02 Å². The Morgan fingerprint density at radius 3 is 2.79 bits per heavy atom. The fraction of sp³-hybridized carbons (Fsp3) is 0.222. The zero-order chi connectivity index (χ0) is 10.7. The molecule has 1 rings (SSSR count). The minimum absolute atomic E-state index is 0.440. The number of anilines is 2. The van der Waals surface area contributed by atoms with E-state index in [1.54, 1.807) is 25.1 Å². The normalized spacial score (nSPS) is 12.1. The Balaban J connectivity index is 2.85. The molecule has 5 N–H and O–H groups in total. The van der Waals surface area contributed by atoms with E-state index in [2.05, 4.69) is 5.32 Å². The smallest absolute Gasteiger partial charge is 0.239 e. The Bertz CT molecular complexity index is 354. The third-order valence-corrected chi connectivity index (χ3v) is 2.05. The van der Waals surface area contributed by atoms with Gasteiger partial charge in [0.1, 0.15) is 6.04 Å². The molecule has 0 aliphatic carbocycles. The van der Waals surface area contributed by atoms with Crippen LogP contribution >= 0.6 is 11.6 Å². The topological polar surface area (TPSA) is 81.1 Å². The fourth-order valence-electron chi connectivity index (χ4n) is 0.958. The Morgan fingerprint density at radius 2 is 2.21 bits per heavy atom. The van der Waals surface area contributed by atoms with Gasteiger partial charge >= 0.3 is 0 Å². The number of nitrogen functional groups attached to an aromatic ring is 1. The van der Waals surface area contributed by atoms with E-state index in [0.29, 0.717) is 16.4 Å². The zero-order valence-corrected chi connectivity index (χ0v) is 8.51. The average Bonchev–Trinajstić information content (AvgIpc) is 2.11. The molecule has 0 aliphatic rings. The number of halogens is 1. The Morgan fingerprint density at radius 1 is 1.57 bits per heavy atom. The van der Waals surface area contributed by atoms with Gasteiger partial charge in [0.2, 0.25) is 5.91 Å². The predicted octanol–water partition coefficient (Wildman–Crippen LogP) is 1.21. The molecular weight excluding hydrogens is 202 g/mol. The summed E-state index contributed by atoms with van der Waals surface area (Å²) in [7, 11) is 0. The summed E-state index contributed by atoms with van der Waals surface area (Å²) < 4.78 is 0. The van der Waals surface area contributed by atoms with Gasteiger partial charge in [-0.15, -0.1) is 0 Å². The highest BCUT2D eigenvalue weighted by molar-refractivity contribution is 6.31. The van der Waals surface area contributed by atoms with Crippen molar-refractivity contribution in [3.8, 4) is 0 Å². The van der Waals surface area contributed by atoms with Crippen LogP contribution in [0.4, 0.5) is 11.4 Å². The molecule has 0 aliphatic heterocycles. The first-order chi connectivity index (χ1) is 6.50. The van der Waals surface area contributed by atoms with Gasteiger partial charge in [-0.25, -0.2) is 0 Å². The lowest BCUT2D eigenvalue weighted by Crippen LogP contribution is -2.32. The van der Waals surface area contributed by atoms with Crippen molar-refractivity contribution < 1.29 is 4.79 Å². The summed E-state index contributed by atoms with van der Waals surface area (Å²) in [4.78, 5) is 10.8. The summed E-state index contributed by atoms with van der Waals surface area (Å²) in [5.41, 5.74) is 11.9. The van der Waals surface area contributed by atoms with Crippen LogP contribution in [0.1, 0.15) is 6.92 Å². The first-order valence-corrected chi connectivity index (χ1v) is 4.49. The van der Waals surface area contributed by atoms with Gasteiger partial charge in [-0.05, 0) is 25.1 Å². The Hall–Kier alpha value is -1.42. The summed E-state index contributed by atoms with van der Waals surface area (Å²) >= 11 is 5.77. The monoisotopic (exact) mass is 213 g/mol. The number of amides is 1. The number of rotatable bonds is 3. The van der Waals surface area contributed by atoms with Crippen LogP contribution < -0.4 is 16.8 Å². The highest BCUT2D eigenvalue weighted by atomic mass is 35.5. The zero-order valence-electron chi connectivity index (χ0n) is 7.75. The molecule has 0 fully saturated rings. The summed E-state index contributed by atoms with van der Waals surface area (Å²) in [5, 5.41) is 3.42. The average molecular weight is 214 g/mol. The van der Waals surface area contributed by atoms with Gasteiger partial charge in [-0.3, -0.25) is 4.79 Å². The van der Waals surface area contributed by atoms with Crippen LogP contribution in [-0.4, -0.2) is 11.9 Å². The number of carbonyl (C=O) groups excluding carboxylic acids is 1. The maximum atomic E-state index is 10.8. The van der Waals surface area contributed by atoms with Crippen molar-refractivity contribution in [2.75, 3.05) is 11.1 Å². The van der Waals surface area contributed by atoms with Crippen molar-refractivity contribution in [3.05, 3.63) is 23.2 Å². The SMILES string of the molecule is C[C@H](Nc1cc(Cl)ccc1N)C(N)=O. The molecule has 0 bridgehead atoms. The predicted molar refractivity (Wildman–Crippen MR) is 58.1 cm³/mol. The second-order valence-corrected chi connectivity index (χ2v) is 3.44. The quantitative estimate of drug-likeness (QED) is 0.660. The highest BCUT2D eigenvalue weighted by Gasteiger charge is 2.09. The van der Waals surface area contributed by atoms with E-state index >= 15 is 0 Å². The van der Waals surface area contributed by atoms with Crippen LogP contribution in [0.3, 0.4) is 0 Å². The van der Waals surface area contributed by atoms with E-state index in [9.17, 15) is 4.79 Å². The molecule has 1 aromatic carbocycles. The number of primary amides is 1. The van der Waals surface area contributed by atoms with Crippen molar-refractivity contribution >= 4 is 28.9 Å². The van der Waals surface area contributed by atoms with E-state index in [-0.39, 0.29) is 0 Å². The molecule has 0 unspecified atom stereocenters. The molecule has 5 heteroatoms. The lowest BCUT2D eigenvalue weighted by Gasteiger charge is -2.13. The molecule has 76 valence electrons. The van der Waals surface area contributed by atoms with Crippen molar-refractivity contribution in [2.45, 2.75) is 13.0 Å². The molecule has 0 aromatic heterocycles. The summed E-state index contributed by atoms with van der Waals surface area (Å²) in [6.07, 6.45) is 0. The van der Waals surface area contributed by atoms with Crippen LogP contribution in [0.25, 0.3) is 0 Å². The van der Waals surface area contributed by atoms with Gasteiger partial charge in [-0.2, -0.15) is 0 Å². The van der Waals surface area contributed by atoms with Crippen LogP contribution in [0.2, 0.25) is 5.02 Å². The maximum absolute atomic E-state index is 10.8. The van der Waals surface area contributed by atoms with E-state index < -0.39 is 11.9 Å². The second-order valence-electron chi connectivity index (χ2n) is 3.00. The number of carbonyl (C=O) groups is 1. The van der Waals surface area contributed by atoms with Gasteiger partial charge in [0.15, 0.2) is 0 Å². The second kappa shape index (κ2) is 4.19. The van der Waals surface area contributed by atoms with Crippen LogP contribution in [0.15, 0.2) is 18.2 Å². The standard InChI is InChI=1S/C9H12ClN3O/c1-5(9(12)14)13-8-4-6(10)2-3-7(8)11/h2-5,13H,11H2,1H3,(H2,12,14)/t5-/m0/s1. The number of nitrogens with one attached hydrogen (secondary N) is 1. The molecule has 14 heavy (non-hydrogen) atoms. The summed E-state index contributed by atoms with van der Waals surface area (Å²) in [5.74, 6) is -0.440. The van der Waals surface area contributed by atoms with Crippen molar-refractivity contribution in [2.24, 2.45) is 5.73 Å². The maximum Gasteiger partial charge on any atom is 0.239 e. The van der Waals surface area contributed by atoms with Crippen molar-refractivity contribution in [3.63, 3.8) is 0 Å². The Labute approximate surface area is 87.2 Å². The summed E-state index contributed by atoms with van der Waals surface area (Å²) in [6, 6.07) is 4.52. The van der Waals surface area contributed by atoms with E-state index in [1.807, 2.05) is 0 Å². The van der Waals surface area contributed by atoms with Gasteiger partial charge in [-0.1, -0.05) is 11.6 Å². The number of nitrogens with two attached hydrogens (primary N) is 2. The number of hydrogen-bond donors (Lipinski definition) is 3. The molecule has 1 atom stereocenters. The van der Waals surface area contributed by atoms with E-state index in [4.69, 9.17) is 23.1 Å². The molecule has 0 saturated heterocycles. The first-order valence-electron chi connectivity index (χ1n) is 4.11. The molecule has 0 spiro atoms. The van der Waals surface area contributed by atoms with Crippen LogP contribution in [-0.2, 0) is 4.79 Å². The summed E-state index contributed by atoms with van der Waals surface area (Å²) in [6.45, 7) is 1.66. The third-order valence-electron chi connectivity index (χ3n) is 1.81. The number of hydrogen-bond acceptors (Lipinski definition) is 3. The molecule has 4 nitrogen and oxygen atoms in total. The molecular formula is C9H12ClN3O. The third kappa shape index (κ3) is 2.53.